The number of esters is 1. The molecule has 0 aliphatic carbocycles. The van der Waals surface area contributed by atoms with E-state index in [1.165, 1.54) is 25.1 Å². The molecule has 20 heavy (non-hydrogen) atoms. The summed E-state index contributed by atoms with van der Waals surface area (Å²) in [5.41, 5.74) is -0.181. The lowest BCUT2D eigenvalue weighted by atomic mass is 10.0. The first-order valence-electron chi connectivity index (χ1n) is 5.74. The highest BCUT2D eigenvalue weighted by Crippen LogP contribution is 2.24. The topological polar surface area (TPSA) is 107 Å². The summed E-state index contributed by atoms with van der Waals surface area (Å²) >= 11 is 0. The molecule has 0 atom stereocenters. The van der Waals surface area contributed by atoms with Crippen LogP contribution >= 0.6 is 0 Å². The van der Waals surface area contributed by atoms with E-state index in [0.29, 0.717) is 0 Å². The van der Waals surface area contributed by atoms with Crippen molar-refractivity contribution in [2.75, 3.05) is 6.61 Å². The predicted octanol–water partition coefficient (Wildman–Crippen LogP) is 2.18. The average molecular weight is 279 g/mol. The summed E-state index contributed by atoms with van der Waals surface area (Å²) in [5, 5.41) is 19.9. The Morgan fingerprint density at radius 1 is 1.45 bits per heavy atom. The maximum atomic E-state index is 11.2. The molecular formula is C13H13NO6. The van der Waals surface area contributed by atoms with Crippen molar-refractivity contribution in [3.05, 3.63) is 45.0 Å². The zero-order chi connectivity index (χ0) is 15.3. The van der Waals surface area contributed by atoms with Crippen LogP contribution in [0.2, 0.25) is 0 Å². The Bertz CT molecular complexity index is 556. The van der Waals surface area contributed by atoms with Crippen LogP contribution in [0.15, 0.2) is 18.2 Å². The number of carbonyl (C=O) groups excluding carboxylic acids is 1. The quantitative estimate of drug-likeness (QED) is 0.383. The van der Waals surface area contributed by atoms with Crippen LogP contribution < -0.4 is 0 Å². The Morgan fingerprint density at radius 3 is 2.60 bits per heavy atom. The summed E-state index contributed by atoms with van der Waals surface area (Å²) in [4.78, 5) is 32.4. The number of nitro benzene ring substituents is 1. The lowest BCUT2D eigenvalue weighted by Crippen LogP contribution is -2.04. The van der Waals surface area contributed by atoms with Crippen LogP contribution in [-0.2, 0) is 9.53 Å². The number of hydrogen-bond acceptors (Lipinski definition) is 5. The molecule has 1 rings (SSSR count). The van der Waals surface area contributed by atoms with Gasteiger partial charge in [0.05, 0.1) is 17.1 Å². The van der Waals surface area contributed by atoms with Crippen molar-refractivity contribution >= 4 is 23.7 Å². The summed E-state index contributed by atoms with van der Waals surface area (Å²) in [6, 6.07) is 2.47. The molecule has 1 N–H and O–H groups in total. The number of carboxylic acid groups (broad SMARTS) is 1. The van der Waals surface area contributed by atoms with E-state index in [2.05, 4.69) is 4.74 Å². The van der Waals surface area contributed by atoms with E-state index in [0.717, 1.165) is 6.08 Å². The van der Waals surface area contributed by atoms with Crippen LogP contribution in [0.5, 0.6) is 0 Å². The Kier molecular flexibility index (Phi) is 4.96. The molecule has 0 fully saturated rings. The van der Waals surface area contributed by atoms with Gasteiger partial charge in [-0.1, -0.05) is 0 Å². The molecule has 0 unspecified atom stereocenters. The van der Waals surface area contributed by atoms with Crippen LogP contribution in [-0.4, -0.2) is 28.6 Å². The van der Waals surface area contributed by atoms with Gasteiger partial charge >= 0.3 is 11.9 Å². The predicted molar refractivity (Wildman–Crippen MR) is 70.5 cm³/mol. The fourth-order valence-corrected chi connectivity index (χ4v) is 1.58. The normalized spacial score (nSPS) is 10.5. The molecule has 7 heteroatoms. The third kappa shape index (κ3) is 3.64. The van der Waals surface area contributed by atoms with Crippen molar-refractivity contribution in [3.8, 4) is 0 Å². The van der Waals surface area contributed by atoms with Crippen molar-refractivity contribution in [3.63, 3.8) is 0 Å². The number of carbonyl (C=O) groups is 2. The molecule has 1 aromatic carbocycles. The Labute approximate surface area is 114 Å². The van der Waals surface area contributed by atoms with Crippen LogP contribution in [0.1, 0.15) is 28.4 Å². The SMILES string of the molecule is CCOC(=O)C=Cc1cc(C(=O)O)c(C)c([N+](=O)[O-])c1. The van der Waals surface area contributed by atoms with E-state index in [9.17, 15) is 19.7 Å². The Hall–Kier alpha value is -2.70. The van der Waals surface area contributed by atoms with Gasteiger partial charge in [-0.2, -0.15) is 0 Å². The van der Waals surface area contributed by atoms with Gasteiger partial charge in [-0.05, 0) is 31.6 Å². The van der Waals surface area contributed by atoms with Crippen molar-refractivity contribution < 1.29 is 24.4 Å². The van der Waals surface area contributed by atoms with Crippen LogP contribution in [0.3, 0.4) is 0 Å². The van der Waals surface area contributed by atoms with Crippen molar-refractivity contribution in [2.24, 2.45) is 0 Å². The van der Waals surface area contributed by atoms with Crippen molar-refractivity contribution in [2.45, 2.75) is 13.8 Å². The standard InChI is InChI=1S/C13H13NO6/c1-3-20-12(15)5-4-9-6-10(13(16)17)8(2)11(7-9)14(18)19/h4-7H,3H2,1-2H3,(H,16,17). The lowest BCUT2D eigenvalue weighted by Gasteiger charge is -2.04. The van der Waals surface area contributed by atoms with E-state index in [1.807, 2.05) is 0 Å². The molecule has 0 aliphatic heterocycles. The van der Waals surface area contributed by atoms with E-state index in [-0.39, 0.29) is 29.0 Å². The summed E-state index contributed by atoms with van der Waals surface area (Å²) in [6.45, 7) is 3.21. The van der Waals surface area contributed by atoms with Gasteiger partial charge in [0.1, 0.15) is 0 Å². The van der Waals surface area contributed by atoms with Gasteiger partial charge in [0, 0.05) is 17.7 Å². The molecule has 1 aromatic rings. The van der Waals surface area contributed by atoms with E-state index < -0.39 is 16.9 Å². The maximum absolute atomic E-state index is 11.2. The van der Waals surface area contributed by atoms with Gasteiger partial charge in [0.2, 0.25) is 0 Å². The molecule has 0 aliphatic rings. The monoisotopic (exact) mass is 279 g/mol. The highest BCUT2D eigenvalue weighted by molar-refractivity contribution is 5.92. The zero-order valence-corrected chi connectivity index (χ0v) is 11.0. The van der Waals surface area contributed by atoms with E-state index in [4.69, 9.17) is 5.11 Å². The van der Waals surface area contributed by atoms with Crippen molar-refractivity contribution in [1.82, 2.24) is 0 Å². The molecule has 0 heterocycles. The van der Waals surface area contributed by atoms with Crippen LogP contribution in [0, 0.1) is 17.0 Å². The van der Waals surface area contributed by atoms with Gasteiger partial charge in [0.25, 0.3) is 5.69 Å². The van der Waals surface area contributed by atoms with Crippen molar-refractivity contribution in [1.29, 1.82) is 0 Å². The highest BCUT2D eigenvalue weighted by Gasteiger charge is 2.19. The molecule has 0 aromatic heterocycles. The van der Waals surface area contributed by atoms with Gasteiger partial charge < -0.3 is 9.84 Å². The molecule has 106 valence electrons. The first-order valence-corrected chi connectivity index (χ1v) is 5.74. The second kappa shape index (κ2) is 6.46. The number of nitro groups is 1. The minimum atomic E-state index is -1.27. The third-order valence-corrected chi connectivity index (χ3v) is 2.53. The first kappa shape index (κ1) is 15.4. The highest BCUT2D eigenvalue weighted by atomic mass is 16.6. The maximum Gasteiger partial charge on any atom is 0.336 e. The Morgan fingerprint density at radius 2 is 2.10 bits per heavy atom. The minimum absolute atomic E-state index is 0.0655. The van der Waals surface area contributed by atoms with E-state index >= 15 is 0 Å². The number of rotatable bonds is 5. The molecule has 0 saturated carbocycles. The number of ether oxygens (including phenoxy) is 1. The molecule has 0 spiro atoms. The number of nitrogens with zero attached hydrogens (tertiary/aromatic N) is 1. The smallest absolute Gasteiger partial charge is 0.336 e. The summed E-state index contributed by atoms with van der Waals surface area (Å²) in [7, 11) is 0. The fourth-order valence-electron chi connectivity index (χ4n) is 1.58. The molecule has 0 bridgehead atoms. The summed E-state index contributed by atoms with van der Waals surface area (Å²) in [5.74, 6) is -1.87. The largest absolute Gasteiger partial charge is 0.478 e. The van der Waals surface area contributed by atoms with Gasteiger partial charge in [-0.3, -0.25) is 10.1 Å². The van der Waals surface area contributed by atoms with E-state index in [1.54, 1.807) is 6.92 Å². The number of aromatic carboxylic acids is 1. The molecule has 7 nitrogen and oxygen atoms in total. The van der Waals surface area contributed by atoms with Crippen LogP contribution in [0.25, 0.3) is 6.08 Å². The number of hydrogen-bond donors (Lipinski definition) is 1. The fraction of sp³-hybridized carbons (Fsp3) is 0.231. The lowest BCUT2D eigenvalue weighted by molar-refractivity contribution is -0.385. The minimum Gasteiger partial charge on any atom is -0.478 e. The molecular weight excluding hydrogens is 266 g/mol. The number of carboxylic acids is 1. The molecule has 0 amide bonds. The second-order valence-corrected chi connectivity index (χ2v) is 3.86. The van der Waals surface area contributed by atoms with Gasteiger partial charge in [-0.25, -0.2) is 9.59 Å². The Balaban J connectivity index is 3.24. The van der Waals surface area contributed by atoms with Gasteiger partial charge in [0.15, 0.2) is 0 Å². The molecule has 0 saturated heterocycles. The molecule has 0 radical (unpaired) electrons. The summed E-state index contributed by atoms with van der Waals surface area (Å²) < 4.78 is 4.67. The van der Waals surface area contributed by atoms with Gasteiger partial charge in [-0.15, -0.1) is 0 Å². The summed E-state index contributed by atoms with van der Waals surface area (Å²) in [6.07, 6.45) is 2.36. The van der Waals surface area contributed by atoms with Crippen LogP contribution in [0.4, 0.5) is 5.69 Å². The number of benzene rings is 1. The first-order chi connectivity index (χ1) is 9.36. The zero-order valence-electron chi connectivity index (χ0n) is 11.0. The second-order valence-electron chi connectivity index (χ2n) is 3.86. The third-order valence-electron chi connectivity index (χ3n) is 2.53. The average Bonchev–Trinajstić information content (AvgIpc) is 2.37.